The second-order valence-corrected chi connectivity index (χ2v) is 8.24. The normalized spacial score (nSPS) is 27.1. The van der Waals surface area contributed by atoms with E-state index in [9.17, 15) is 23.8 Å². The monoisotopic (exact) mass is 387 g/mol. The van der Waals surface area contributed by atoms with Crippen molar-refractivity contribution in [3.05, 3.63) is 65.2 Å². The quantitative estimate of drug-likeness (QED) is 0.774. The summed E-state index contributed by atoms with van der Waals surface area (Å²) in [6.45, 7) is 1.65. The van der Waals surface area contributed by atoms with Gasteiger partial charge in [-0.3, -0.25) is 9.69 Å². The molecule has 1 saturated carbocycles. The summed E-state index contributed by atoms with van der Waals surface area (Å²) in [5, 5.41) is 20.2. The van der Waals surface area contributed by atoms with Crippen molar-refractivity contribution in [1.29, 1.82) is 0 Å². The van der Waals surface area contributed by atoms with Crippen LogP contribution in [-0.2, 0) is 6.42 Å². The molecule has 4 nitrogen and oxygen atoms in total. The van der Waals surface area contributed by atoms with Crippen LogP contribution < -0.4 is 0 Å². The maximum absolute atomic E-state index is 13.5. The van der Waals surface area contributed by atoms with Crippen LogP contribution in [0.25, 0.3) is 0 Å². The zero-order valence-electron chi connectivity index (χ0n) is 15.4. The van der Waals surface area contributed by atoms with E-state index in [1.807, 2.05) is 0 Å². The van der Waals surface area contributed by atoms with E-state index in [2.05, 4.69) is 4.90 Å². The molecule has 2 aromatic rings. The van der Waals surface area contributed by atoms with Gasteiger partial charge in [-0.15, -0.1) is 0 Å². The number of likely N-dealkylation sites (tertiary alicyclic amines) is 1. The van der Waals surface area contributed by atoms with E-state index in [0.717, 1.165) is 24.7 Å². The number of halogens is 2. The molecule has 28 heavy (non-hydrogen) atoms. The van der Waals surface area contributed by atoms with Gasteiger partial charge in [-0.1, -0.05) is 12.1 Å². The molecule has 0 aromatic heterocycles. The standard InChI is InChI=1S/C22H23F2NO3/c23-18-4-1-14(2-5-18)8-22(28)9-16-11-25(12-17(16)10-22)13-21(27)15-3-6-20(26)19(24)7-15/h1-7,16-17,26,28H,8-13H2/t16-,17+,22+. The smallest absolute Gasteiger partial charge is 0.176 e. The lowest BCUT2D eigenvalue weighted by molar-refractivity contribution is 0.0355. The van der Waals surface area contributed by atoms with Crippen LogP contribution in [0.3, 0.4) is 0 Å². The van der Waals surface area contributed by atoms with Gasteiger partial charge in [-0.25, -0.2) is 8.78 Å². The third-order valence-corrected chi connectivity index (χ3v) is 6.02. The number of rotatable bonds is 5. The Balaban J connectivity index is 1.34. The van der Waals surface area contributed by atoms with Crippen LogP contribution in [0.2, 0.25) is 0 Å². The highest BCUT2D eigenvalue weighted by Crippen LogP contribution is 2.45. The first-order valence-electron chi connectivity index (χ1n) is 9.52. The summed E-state index contributed by atoms with van der Waals surface area (Å²) in [5.74, 6) is -1.10. The van der Waals surface area contributed by atoms with E-state index >= 15 is 0 Å². The molecular weight excluding hydrogens is 364 g/mol. The largest absolute Gasteiger partial charge is 0.505 e. The first-order chi connectivity index (χ1) is 13.3. The minimum absolute atomic E-state index is 0.180. The molecule has 1 aliphatic carbocycles. The van der Waals surface area contributed by atoms with Gasteiger partial charge in [0, 0.05) is 25.1 Å². The average Bonchev–Trinajstić information content (AvgIpc) is 3.13. The Labute approximate surface area is 162 Å². The Morgan fingerprint density at radius 2 is 1.71 bits per heavy atom. The summed E-state index contributed by atoms with van der Waals surface area (Å²) in [5.41, 5.74) is 0.383. The van der Waals surface area contributed by atoms with Crippen molar-refractivity contribution in [3.63, 3.8) is 0 Å². The van der Waals surface area contributed by atoms with Crippen molar-refractivity contribution in [2.75, 3.05) is 19.6 Å². The molecular formula is C22H23F2NO3. The number of carbonyl (C=O) groups is 1. The van der Waals surface area contributed by atoms with Gasteiger partial charge in [0.25, 0.3) is 0 Å². The molecule has 1 aliphatic heterocycles. The fourth-order valence-electron chi connectivity index (χ4n) is 4.79. The lowest BCUT2D eigenvalue weighted by Crippen LogP contribution is -2.34. The van der Waals surface area contributed by atoms with E-state index in [-0.39, 0.29) is 23.7 Å². The number of ketones is 1. The van der Waals surface area contributed by atoms with Crippen molar-refractivity contribution in [3.8, 4) is 5.75 Å². The van der Waals surface area contributed by atoms with E-state index in [4.69, 9.17) is 0 Å². The predicted molar refractivity (Wildman–Crippen MR) is 100 cm³/mol. The Morgan fingerprint density at radius 3 is 2.32 bits per heavy atom. The van der Waals surface area contributed by atoms with Crippen molar-refractivity contribution < 1.29 is 23.8 Å². The van der Waals surface area contributed by atoms with Gasteiger partial charge in [0.15, 0.2) is 17.3 Å². The number of hydrogen-bond acceptors (Lipinski definition) is 4. The second kappa shape index (κ2) is 7.26. The number of hydrogen-bond donors (Lipinski definition) is 2. The number of fused-ring (bicyclic) bond motifs is 1. The summed E-state index contributed by atoms with van der Waals surface area (Å²) >= 11 is 0. The Bertz CT molecular complexity index is 870. The number of phenolic OH excluding ortho intramolecular Hbond substituents is 1. The van der Waals surface area contributed by atoms with Crippen LogP contribution in [0.1, 0.15) is 28.8 Å². The molecule has 2 aromatic carbocycles. The fraction of sp³-hybridized carbons (Fsp3) is 0.409. The molecule has 0 spiro atoms. The summed E-state index contributed by atoms with van der Waals surface area (Å²) in [6, 6.07) is 9.93. The molecule has 0 amide bonds. The molecule has 2 fully saturated rings. The van der Waals surface area contributed by atoms with E-state index in [1.165, 1.54) is 24.3 Å². The van der Waals surface area contributed by atoms with Gasteiger partial charge in [0.2, 0.25) is 0 Å². The van der Waals surface area contributed by atoms with Crippen LogP contribution in [0, 0.1) is 23.5 Å². The fourth-order valence-corrected chi connectivity index (χ4v) is 4.79. The number of Topliss-reactive ketones (excluding diaryl/α,β-unsaturated/α-hetero) is 1. The number of phenols is 1. The molecule has 4 rings (SSSR count). The lowest BCUT2D eigenvalue weighted by Gasteiger charge is -2.26. The summed E-state index contributed by atoms with van der Waals surface area (Å²) in [6.07, 6.45) is 1.83. The molecule has 2 aliphatic rings. The van der Waals surface area contributed by atoms with Crippen LogP contribution >= 0.6 is 0 Å². The molecule has 1 saturated heterocycles. The van der Waals surface area contributed by atoms with Gasteiger partial charge in [0.05, 0.1) is 12.1 Å². The molecule has 148 valence electrons. The van der Waals surface area contributed by atoms with Crippen molar-refractivity contribution in [1.82, 2.24) is 4.90 Å². The number of benzene rings is 2. The summed E-state index contributed by atoms with van der Waals surface area (Å²) in [4.78, 5) is 14.5. The maximum Gasteiger partial charge on any atom is 0.176 e. The third kappa shape index (κ3) is 3.93. The van der Waals surface area contributed by atoms with Crippen LogP contribution in [0.15, 0.2) is 42.5 Å². The highest BCUT2D eigenvalue weighted by Gasteiger charge is 2.48. The molecule has 3 atom stereocenters. The molecule has 6 heteroatoms. The van der Waals surface area contributed by atoms with Crippen molar-refractivity contribution in [2.24, 2.45) is 11.8 Å². The van der Waals surface area contributed by atoms with Crippen LogP contribution in [0.4, 0.5) is 8.78 Å². The van der Waals surface area contributed by atoms with Gasteiger partial charge in [0.1, 0.15) is 5.82 Å². The Kier molecular flexibility index (Phi) is 4.93. The predicted octanol–water partition coefficient (Wildman–Crippen LogP) is 3.17. The minimum atomic E-state index is -0.796. The Hall–Kier alpha value is -2.31. The van der Waals surface area contributed by atoms with Gasteiger partial charge in [-0.05, 0) is 60.6 Å². The van der Waals surface area contributed by atoms with Crippen LogP contribution in [0.5, 0.6) is 5.75 Å². The van der Waals surface area contributed by atoms with Crippen molar-refractivity contribution >= 4 is 5.78 Å². The molecule has 1 heterocycles. The highest BCUT2D eigenvalue weighted by atomic mass is 19.1. The Morgan fingerprint density at radius 1 is 1.07 bits per heavy atom. The number of nitrogens with zero attached hydrogens (tertiary/aromatic N) is 1. The van der Waals surface area contributed by atoms with E-state index in [0.29, 0.717) is 31.1 Å². The highest BCUT2D eigenvalue weighted by molar-refractivity contribution is 5.97. The third-order valence-electron chi connectivity index (χ3n) is 6.02. The van der Waals surface area contributed by atoms with Gasteiger partial charge < -0.3 is 10.2 Å². The lowest BCUT2D eigenvalue weighted by atomic mass is 9.91. The zero-order chi connectivity index (χ0) is 19.9. The summed E-state index contributed by atoms with van der Waals surface area (Å²) in [7, 11) is 0. The molecule has 0 unspecified atom stereocenters. The van der Waals surface area contributed by atoms with Crippen molar-refractivity contribution in [2.45, 2.75) is 24.9 Å². The molecule has 2 N–H and O–H groups in total. The first-order valence-corrected chi connectivity index (χ1v) is 9.52. The second-order valence-electron chi connectivity index (χ2n) is 8.24. The average molecular weight is 387 g/mol. The minimum Gasteiger partial charge on any atom is -0.505 e. The SMILES string of the molecule is O=C(CN1C[C@@H]2C[C@](O)(Cc3ccc(F)cc3)C[C@@H]2C1)c1ccc(O)c(F)c1. The van der Waals surface area contributed by atoms with E-state index in [1.54, 1.807) is 12.1 Å². The number of aromatic hydroxyl groups is 1. The molecule has 0 radical (unpaired) electrons. The number of aliphatic hydroxyl groups is 1. The van der Waals surface area contributed by atoms with Gasteiger partial charge in [-0.2, -0.15) is 0 Å². The van der Waals surface area contributed by atoms with Gasteiger partial charge >= 0.3 is 0 Å². The topological polar surface area (TPSA) is 60.8 Å². The van der Waals surface area contributed by atoms with Crippen LogP contribution in [-0.4, -0.2) is 46.1 Å². The zero-order valence-corrected chi connectivity index (χ0v) is 15.4. The molecule has 0 bridgehead atoms. The summed E-state index contributed by atoms with van der Waals surface area (Å²) < 4.78 is 26.5. The number of carbonyl (C=O) groups excluding carboxylic acids is 1. The maximum atomic E-state index is 13.5. The van der Waals surface area contributed by atoms with E-state index < -0.39 is 17.2 Å². The first kappa shape index (κ1) is 19.0.